The Balaban J connectivity index is 1.41. The van der Waals surface area contributed by atoms with E-state index in [9.17, 15) is 19.1 Å². The van der Waals surface area contributed by atoms with Gasteiger partial charge in [0.05, 0.1) is 24.1 Å². The number of carbonyl (C=O) groups excluding carboxylic acids is 3. The Morgan fingerprint density at radius 3 is 2.23 bits per heavy atom. The van der Waals surface area contributed by atoms with Crippen molar-refractivity contribution in [2.24, 2.45) is 5.92 Å². The zero-order chi connectivity index (χ0) is 40.0. The van der Waals surface area contributed by atoms with E-state index in [1.165, 1.54) is 35.2 Å². The zero-order valence-electron chi connectivity index (χ0n) is 31.4. The smallest absolute Gasteiger partial charge is 0.416 e. The molecule has 1 aliphatic heterocycles. The van der Waals surface area contributed by atoms with Gasteiger partial charge in [-0.3, -0.25) is 4.79 Å². The van der Waals surface area contributed by atoms with Gasteiger partial charge in [0.2, 0.25) is 5.91 Å². The highest BCUT2D eigenvalue weighted by Crippen LogP contribution is 2.40. The number of ether oxygens (including phenoxy) is 4. The number of rotatable bonds is 19. The molecule has 4 atom stereocenters. The Morgan fingerprint density at radius 2 is 1.54 bits per heavy atom. The Hall–Kier alpha value is -6.46. The molecular weight excluding hydrogens is 728 g/mol. The summed E-state index contributed by atoms with van der Waals surface area (Å²) >= 11 is 0. The van der Waals surface area contributed by atoms with Gasteiger partial charge in [0.25, 0.3) is 0 Å². The second-order valence-corrected chi connectivity index (χ2v) is 13.6. The van der Waals surface area contributed by atoms with Crippen molar-refractivity contribution in [2.75, 3.05) is 25.1 Å². The van der Waals surface area contributed by atoms with Crippen molar-refractivity contribution in [3.05, 3.63) is 174 Å². The molecule has 0 bridgehead atoms. The van der Waals surface area contributed by atoms with Gasteiger partial charge in [-0.25, -0.2) is 18.9 Å². The first kappa shape index (κ1) is 40.2. The third kappa shape index (κ3) is 11.1. The first-order chi connectivity index (χ1) is 27.8. The van der Waals surface area contributed by atoms with E-state index in [-0.39, 0.29) is 39.3 Å². The number of hydrogen-bond donors (Lipinski definition) is 2. The third-order valence-electron chi connectivity index (χ3n) is 9.61. The maximum Gasteiger partial charge on any atom is 0.416 e. The number of nitrogens with zero attached hydrogens (tertiary/aromatic N) is 1. The number of anilines is 1. The largest absolute Gasteiger partial charge is 0.488 e. The van der Waals surface area contributed by atoms with Crippen molar-refractivity contribution in [1.29, 1.82) is 0 Å². The number of esters is 1. The van der Waals surface area contributed by atoms with Crippen LogP contribution in [0.2, 0.25) is 0 Å². The van der Waals surface area contributed by atoms with Crippen LogP contribution in [0, 0.1) is 11.7 Å². The number of hydrogen-bond acceptors (Lipinski definition) is 9. The Kier molecular flexibility index (Phi) is 14.1. The van der Waals surface area contributed by atoms with E-state index in [1.54, 1.807) is 18.2 Å². The average molecular weight is 773 g/mol. The van der Waals surface area contributed by atoms with Gasteiger partial charge < -0.3 is 29.4 Å². The normalized spacial score (nSPS) is 15.2. The molecule has 1 aliphatic rings. The molecule has 1 saturated heterocycles. The van der Waals surface area contributed by atoms with Crippen LogP contribution in [0.5, 0.6) is 11.5 Å². The predicted molar refractivity (Wildman–Crippen MR) is 213 cm³/mol. The van der Waals surface area contributed by atoms with Crippen molar-refractivity contribution in [1.82, 2.24) is 4.90 Å². The van der Waals surface area contributed by atoms with Crippen LogP contribution >= 0.6 is 0 Å². The Bertz CT molecular complexity index is 2080. The molecule has 0 aromatic heterocycles. The molecule has 6 rings (SSSR count). The van der Waals surface area contributed by atoms with E-state index in [1.807, 2.05) is 91.0 Å². The second kappa shape index (κ2) is 19.9. The lowest BCUT2D eigenvalue weighted by atomic mass is 9.85. The van der Waals surface area contributed by atoms with Crippen molar-refractivity contribution in [2.45, 2.75) is 44.1 Å². The van der Waals surface area contributed by atoms with Crippen LogP contribution in [-0.4, -0.2) is 53.8 Å². The maximum atomic E-state index is 15.1. The summed E-state index contributed by atoms with van der Waals surface area (Å²) in [6.07, 6.45) is 0.229. The van der Waals surface area contributed by atoms with Crippen LogP contribution < -0.4 is 14.8 Å². The highest BCUT2D eigenvalue weighted by Gasteiger charge is 2.44. The number of cyclic esters (lactones) is 1. The van der Waals surface area contributed by atoms with E-state index in [0.29, 0.717) is 34.7 Å². The topological polar surface area (TPSA) is 124 Å². The summed E-state index contributed by atoms with van der Waals surface area (Å²) in [4.78, 5) is 42.1. The van der Waals surface area contributed by atoms with E-state index in [0.717, 1.165) is 11.1 Å². The second-order valence-electron chi connectivity index (χ2n) is 13.6. The van der Waals surface area contributed by atoms with Crippen LogP contribution in [0.25, 0.3) is 0 Å². The standard InChI is InChI=1S/C46H45FN2O8/c1-2-26-54-43(51)31-55-38-22-23-39(42(28-38)56-29-33-14-8-4-9-15-33)44(48-36-16-10-5-11-17-36)40(24-25-41(50)34-18-20-35(47)21-19-34)45(52)49-37(30-57-46(49)53)27-32-12-6-3-7-13-32/h2-23,28,37,40-41,44,48,50H,1,24-27,29-31H2/t37-,40+,41-,44+/m0/s1. The number of nitrogens with one attached hydrogen (secondary N) is 1. The van der Waals surface area contributed by atoms with Gasteiger partial charge in [-0.1, -0.05) is 104 Å². The Labute approximate surface area is 331 Å². The number of para-hydroxylation sites is 1. The van der Waals surface area contributed by atoms with Crippen LogP contribution in [0.1, 0.15) is 47.2 Å². The van der Waals surface area contributed by atoms with Crippen LogP contribution in [-0.2, 0) is 32.1 Å². The molecule has 0 aliphatic carbocycles. The summed E-state index contributed by atoms with van der Waals surface area (Å²) in [5.41, 5.74) is 3.54. The fourth-order valence-electron chi connectivity index (χ4n) is 6.73. The van der Waals surface area contributed by atoms with Gasteiger partial charge in [-0.05, 0) is 72.4 Å². The molecule has 10 nitrogen and oxygen atoms in total. The average Bonchev–Trinajstić information content (AvgIpc) is 3.61. The summed E-state index contributed by atoms with van der Waals surface area (Å²) in [6.45, 7) is 3.43. The lowest BCUT2D eigenvalue weighted by Gasteiger charge is -2.33. The highest BCUT2D eigenvalue weighted by molar-refractivity contribution is 5.95. The van der Waals surface area contributed by atoms with E-state index < -0.39 is 47.9 Å². The molecular formula is C46H45FN2O8. The third-order valence-corrected chi connectivity index (χ3v) is 9.61. The molecule has 294 valence electrons. The fraction of sp³-hybridized carbons (Fsp3) is 0.239. The maximum absolute atomic E-state index is 15.1. The van der Waals surface area contributed by atoms with E-state index >= 15 is 4.79 Å². The quantitative estimate of drug-likeness (QED) is 0.0630. The molecule has 5 aromatic carbocycles. The summed E-state index contributed by atoms with van der Waals surface area (Å²) in [7, 11) is 0. The van der Waals surface area contributed by atoms with Crippen molar-refractivity contribution in [3.63, 3.8) is 0 Å². The SMILES string of the molecule is C=CCOC(=O)COc1ccc([C@@H](Nc2ccccc2)[C@@H](CC[C@H](O)c2ccc(F)cc2)C(=O)N2C(=O)OC[C@@H]2Cc2ccccc2)c(OCc2ccccc2)c1. The van der Waals surface area contributed by atoms with Gasteiger partial charge in [0.15, 0.2) is 6.61 Å². The van der Waals surface area contributed by atoms with Gasteiger partial charge >= 0.3 is 12.1 Å². The lowest BCUT2D eigenvalue weighted by molar-refractivity contribution is -0.144. The summed E-state index contributed by atoms with van der Waals surface area (Å²) < 4.78 is 36.7. The van der Waals surface area contributed by atoms with Gasteiger partial charge in [0.1, 0.15) is 37.1 Å². The molecule has 0 radical (unpaired) electrons. The summed E-state index contributed by atoms with van der Waals surface area (Å²) in [6, 6.07) is 37.6. The van der Waals surface area contributed by atoms with Gasteiger partial charge in [-0.2, -0.15) is 0 Å². The van der Waals surface area contributed by atoms with Crippen molar-refractivity contribution in [3.8, 4) is 11.5 Å². The minimum Gasteiger partial charge on any atom is -0.488 e. The molecule has 2 N–H and O–H groups in total. The molecule has 0 spiro atoms. The molecule has 0 unspecified atom stereocenters. The molecule has 2 amide bonds. The van der Waals surface area contributed by atoms with E-state index in [4.69, 9.17) is 18.9 Å². The first-order valence-electron chi connectivity index (χ1n) is 18.8. The number of amides is 2. The van der Waals surface area contributed by atoms with Crippen LogP contribution in [0.4, 0.5) is 14.9 Å². The fourth-order valence-corrected chi connectivity index (χ4v) is 6.73. The summed E-state index contributed by atoms with van der Waals surface area (Å²) in [5.74, 6) is -1.83. The highest BCUT2D eigenvalue weighted by atomic mass is 19.1. The molecule has 57 heavy (non-hydrogen) atoms. The molecule has 1 fully saturated rings. The molecule has 0 saturated carbocycles. The molecule has 5 aromatic rings. The number of benzene rings is 5. The van der Waals surface area contributed by atoms with Crippen LogP contribution in [0.15, 0.2) is 146 Å². The summed E-state index contributed by atoms with van der Waals surface area (Å²) in [5, 5.41) is 14.9. The van der Waals surface area contributed by atoms with Gasteiger partial charge in [-0.15, -0.1) is 0 Å². The van der Waals surface area contributed by atoms with Crippen molar-refractivity contribution < 1.29 is 42.8 Å². The number of imide groups is 1. The van der Waals surface area contributed by atoms with Crippen molar-refractivity contribution >= 4 is 23.7 Å². The number of carbonyl (C=O) groups is 3. The minimum absolute atomic E-state index is 0.0217. The lowest BCUT2D eigenvalue weighted by Crippen LogP contribution is -2.46. The zero-order valence-corrected chi connectivity index (χ0v) is 31.4. The molecule has 1 heterocycles. The first-order valence-corrected chi connectivity index (χ1v) is 18.8. The minimum atomic E-state index is -1.05. The monoisotopic (exact) mass is 772 g/mol. The number of aliphatic hydroxyl groups is 1. The van der Waals surface area contributed by atoms with E-state index in [2.05, 4.69) is 11.9 Å². The predicted octanol–water partition coefficient (Wildman–Crippen LogP) is 8.39. The van der Waals surface area contributed by atoms with Crippen LogP contribution in [0.3, 0.4) is 0 Å². The number of aliphatic hydroxyl groups excluding tert-OH is 1. The Morgan fingerprint density at radius 1 is 0.877 bits per heavy atom. The molecule has 11 heteroatoms. The van der Waals surface area contributed by atoms with Gasteiger partial charge in [0, 0.05) is 17.3 Å². The number of halogens is 1.